The molecule has 5 nitrogen and oxygen atoms in total. The molecule has 0 bridgehead atoms. The van der Waals surface area contributed by atoms with Crippen LogP contribution in [0.4, 0.5) is 14.5 Å². The molecule has 21 heavy (non-hydrogen) atoms. The molecule has 0 spiro atoms. The number of nitrogen functional groups attached to an aromatic ring is 1. The summed E-state index contributed by atoms with van der Waals surface area (Å²) < 4.78 is 24.8. The minimum absolute atomic E-state index is 0.290. The highest BCUT2D eigenvalue weighted by Crippen LogP contribution is 2.16. The minimum atomic E-state index is -1.38. The average Bonchev–Trinajstić information content (AvgIpc) is 2.44. The second-order valence-corrected chi connectivity index (χ2v) is 3.89. The summed E-state index contributed by atoms with van der Waals surface area (Å²) in [6.07, 6.45) is 0. The van der Waals surface area contributed by atoms with Crippen LogP contribution in [0.5, 0.6) is 0 Å². The van der Waals surface area contributed by atoms with Gasteiger partial charge < -0.3 is 16.6 Å². The zero-order valence-corrected chi connectivity index (χ0v) is 10.7. The molecule has 0 aliphatic rings. The van der Waals surface area contributed by atoms with E-state index < -0.39 is 23.2 Å². The molecular weight excluding hydrogens is 282 g/mol. The molecule has 0 saturated heterocycles. The van der Waals surface area contributed by atoms with Crippen LogP contribution in [0, 0.1) is 11.6 Å². The van der Waals surface area contributed by atoms with Crippen LogP contribution in [0.1, 0.15) is 20.7 Å². The van der Waals surface area contributed by atoms with Crippen molar-refractivity contribution in [1.82, 2.24) is 0 Å². The van der Waals surface area contributed by atoms with Gasteiger partial charge >= 0.3 is 5.97 Å². The van der Waals surface area contributed by atoms with Gasteiger partial charge in [0.2, 0.25) is 5.91 Å². The van der Waals surface area contributed by atoms with E-state index >= 15 is 0 Å². The molecule has 0 aliphatic carbocycles. The monoisotopic (exact) mass is 294 g/mol. The van der Waals surface area contributed by atoms with Gasteiger partial charge in [0.15, 0.2) is 11.6 Å². The molecule has 110 valence electrons. The Morgan fingerprint density at radius 3 is 1.95 bits per heavy atom. The standard InChI is InChI=1S/C7H5F2NO2.C7H7NO/c8-4-1-3(7(11)12)6(10)2-5(4)9;8-7(9)6-4-2-1-3-5-6/h1-2H,10H2,(H,11,12);1-5H,(H2,8,9). The van der Waals surface area contributed by atoms with Gasteiger partial charge in [0.05, 0.1) is 5.56 Å². The molecule has 2 aromatic rings. The van der Waals surface area contributed by atoms with Crippen molar-refractivity contribution in [1.29, 1.82) is 0 Å². The van der Waals surface area contributed by atoms with Crippen LogP contribution in [0.3, 0.4) is 0 Å². The average molecular weight is 294 g/mol. The van der Waals surface area contributed by atoms with Crippen LogP contribution < -0.4 is 11.5 Å². The Bertz CT molecular complexity index is 661. The van der Waals surface area contributed by atoms with Crippen molar-refractivity contribution in [2.75, 3.05) is 5.73 Å². The first-order valence-electron chi connectivity index (χ1n) is 5.65. The summed E-state index contributed by atoms with van der Waals surface area (Å²) in [4.78, 5) is 20.7. The number of nitrogens with two attached hydrogens (primary N) is 2. The first kappa shape index (κ1) is 16.1. The van der Waals surface area contributed by atoms with E-state index in [0.717, 1.165) is 0 Å². The Labute approximate surface area is 118 Å². The Balaban J connectivity index is 0.000000219. The number of aromatic carboxylic acids is 1. The summed E-state index contributed by atoms with van der Waals surface area (Å²) in [5.41, 5.74) is 9.91. The lowest BCUT2D eigenvalue weighted by Gasteiger charge is -2.00. The van der Waals surface area contributed by atoms with Gasteiger partial charge in [-0.2, -0.15) is 0 Å². The molecule has 0 atom stereocenters. The normalized spacial score (nSPS) is 9.43. The predicted molar refractivity (Wildman–Crippen MR) is 72.7 cm³/mol. The van der Waals surface area contributed by atoms with E-state index in [1.807, 2.05) is 6.07 Å². The quantitative estimate of drug-likeness (QED) is 0.737. The number of hydrogen-bond donors (Lipinski definition) is 3. The summed E-state index contributed by atoms with van der Waals surface area (Å²) in [6.45, 7) is 0. The highest BCUT2D eigenvalue weighted by Gasteiger charge is 2.12. The first-order valence-corrected chi connectivity index (χ1v) is 5.65. The maximum atomic E-state index is 12.4. The Hall–Kier alpha value is -2.96. The first-order chi connectivity index (χ1) is 9.82. The minimum Gasteiger partial charge on any atom is -0.478 e. The molecular formula is C14H12F2N2O3. The zero-order valence-electron chi connectivity index (χ0n) is 10.7. The summed E-state index contributed by atoms with van der Waals surface area (Å²) in [5.74, 6) is -4.14. The third-order valence-electron chi connectivity index (χ3n) is 2.38. The fraction of sp³-hybridized carbons (Fsp3) is 0. The van der Waals surface area contributed by atoms with Crippen LogP contribution >= 0.6 is 0 Å². The van der Waals surface area contributed by atoms with Gasteiger partial charge in [0.1, 0.15) is 0 Å². The van der Waals surface area contributed by atoms with Crippen LogP contribution in [-0.4, -0.2) is 17.0 Å². The van der Waals surface area contributed by atoms with Crippen molar-refractivity contribution < 1.29 is 23.5 Å². The lowest BCUT2D eigenvalue weighted by molar-refractivity contribution is 0.0697. The van der Waals surface area contributed by atoms with Crippen molar-refractivity contribution in [3.8, 4) is 0 Å². The predicted octanol–water partition coefficient (Wildman–Crippen LogP) is 2.03. The number of carboxylic acid groups (broad SMARTS) is 1. The van der Waals surface area contributed by atoms with Gasteiger partial charge in [0.25, 0.3) is 0 Å². The summed E-state index contributed by atoms with van der Waals surface area (Å²) in [6, 6.07) is 9.95. The number of primary amides is 1. The smallest absolute Gasteiger partial charge is 0.337 e. The van der Waals surface area contributed by atoms with Gasteiger partial charge in [-0.05, 0) is 18.2 Å². The molecule has 7 heteroatoms. The summed E-state index contributed by atoms with van der Waals surface area (Å²) in [5, 5.41) is 8.41. The molecule has 2 aromatic carbocycles. The number of halogens is 2. The fourth-order valence-electron chi connectivity index (χ4n) is 1.35. The third kappa shape index (κ3) is 4.57. The van der Waals surface area contributed by atoms with Crippen molar-refractivity contribution in [3.05, 3.63) is 65.2 Å². The molecule has 0 aromatic heterocycles. The van der Waals surface area contributed by atoms with Crippen LogP contribution in [0.25, 0.3) is 0 Å². The van der Waals surface area contributed by atoms with E-state index in [1.165, 1.54) is 0 Å². The van der Waals surface area contributed by atoms with Crippen molar-refractivity contribution >= 4 is 17.6 Å². The van der Waals surface area contributed by atoms with E-state index in [-0.39, 0.29) is 11.6 Å². The number of rotatable bonds is 2. The Morgan fingerprint density at radius 1 is 1.00 bits per heavy atom. The topological polar surface area (TPSA) is 106 Å². The van der Waals surface area contributed by atoms with Gasteiger partial charge in [-0.25, -0.2) is 13.6 Å². The summed E-state index contributed by atoms with van der Waals surface area (Å²) in [7, 11) is 0. The lowest BCUT2D eigenvalue weighted by Crippen LogP contribution is -2.09. The molecule has 1 amide bonds. The fourth-order valence-corrected chi connectivity index (χ4v) is 1.35. The SMILES string of the molecule is NC(=O)c1ccccc1.Nc1cc(F)c(F)cc1C(=O)O. The maximum absolute atomic E-state index is 12.4. The number of anilines is 1. The van der Waals surface area contributed by atoms with Crippen LogP contribution in [0.2, 0.25) is 0 Å². The van der Waals surface area contributed by atoms with E-state index in [0.29, 0.717) is 17.7 Å². The Kier molecular flexibility index (Phi) is 5.36. The molecule has 0 heterocycles. The maximum Gasteiger partial charge on any atom is 0.337 e. The van der Waals surface area contributed by atoms with Crippen molar-refractivity contribution in [2.24, 2.45) is 5.73 Å². The highest BCUT2D eigenvalue weighted by molar-refractivity contribution is 5.93. The van der Waals surface area contributed by atoms with E-state index in [1.54, 1.807) is 24.3 Å². The van der Waals surface area contributed by atoms with Crippen LogP contribution in [-0.2, 0) is 0 Å². The second-order valence-electron chi connectivity index (χ2n) is 3.89. The van der Waals surface area contributed by atoms with Crippen molar-refractivity contribution in [3.63, 3.8) is 0 Å². The number of hydrogen-bond acceptors (Lipinski definition) is 3. The largest absolute Gasteiger partial charge is 0.478 e. The van der Waals surface area contributed by atoms with Gasteiger partial charge in [-0.1, -0.05) is 18.2 Å². The number of carbonyl (C=O) groups excluding carboxylic acids is 1. The van der Waals surface area contributed by atoms with Crippen LogP contribution in [0.15, 0.2) is 42.5 Å². The molecule has 0 fully saturated rings. The molecule has 0 unspecified atom stereocenters. The van der Waals surface area contributed by atoms with Gasteiger partial charge in [-0.3, -0.25) is 4.79 Å². The van der Waals surface area contributed by atoms with E-state index in [4.69, 9.17) is 16.6 Å². The van der Waals surface area contributed by atoms with Gasteiger partial charge in [0, 0.05) is 17.3 Å². The lowest BCUT2D eigenvalue weighted by atomic mass is 10.2. The molecule has 0 aliphatic heterocycles. The Morgan fingerprint density at radius 2 is 1.52 bits per heavy atom. The number of carbonyl (C=O) groups is 2. The zero-order chi connectivity index (χ0) is 16.0. The highest BCUT2D eigenvalue weighted by atomic mass is 19.2. The summed E-state index contributed by atoms with van der Waals surface area (Å²) >= 11 is 0. The number of carboxylic acids is 1. The molecule has 5 N–H and O–H groups in total. The van der Waals surface area contributed by atoms with Crippen molar-refractivity contribution in [2.45, 2.75) is 0 Å². The number of benzene rings is 2. The molecule has 0 saturated carbocycles. The van der Waals surface area contributed by atoms with Gasteiger partial charge in [-0.15, -0.1) is 0 Å². The third-order valence-corrected chi connectivity index (χ3v) is 2.38. The van der Waals surface area contributed by atoms with E-state index in [2.05, 4.69) is 0 Å². The van der Waals surface area contributed by atoms with E-state index in [9.17, 15) is 18.4 Å². The second kappa shape index (κ2) is 6.99. The number of amides is 1. The molecule has 2 rings (SSSR count). The molecule has 0 radical (unpaired) electrons.